The molecule has 2 aromatic carbocycles. The van der Waals surface area contributed by atoms with E-state index in [0.29, 0.717) is 0 Å². The summed E-state index contributed by atoms with van der Waals surface area (Å²) >= 11 is 6.16. The molecule has 23 heavy (non-hydrogen) atoms. The van der Waals surface area contributed by atoms with E-state index in [4.69, 9.17) is 33.6 Å². The molecule has 0 amide bonds. The Kier molecular flexibility index (Phi) is 2.01. The van der Waals surface area contributed by atoms with E-state index in [1.165, 1.54) is 0 Å². The summed E-state index contributed by atoms with van der Waals surface area (Å²) in [5.74, 6) is 0. The molecular formula is C18H18BClO3. The average Bonchev–Trinajstić information content (AvgIpc) is 3.12. The Labute approximate surface area is 149 Å². The van der Waals surface area contributed by atoms with Crippen molar-refractivity contribution in [2.75, 3.05) is 0 Å². The Morgan fingerprint density at radius 1 is 1.00 bits per heavy atom. The molecule has 0 spiro atoms. The zero-order valence-electron chi connectivity index (χ0n) is 19.2. The second-order valence-electron chi connectivity index (χ2n) is 6.58. The van der Waals surface area contributed by atoms with Gasteiger partial charge in [-0.05, 0) is 45.2 Å². The van der Waals surface area contributed by atoms with Gasteiger partial charge in [0.2, 0.25) is 0 Å². The van der Waals surface area contributed by atoms with Gasteiger partial charge in [0.25, 0.3) is 0 Å². The quantitative estimate of drug-likeness (QED) is 0.612. The van der Waals surface area contributed by atoms with Crippen LogP contribution in [0.3, 0.4) is 0 Å². The number of rotatable bonds is 1. The highest BCUT2D eigenvalue weighted by Gasteiger charge is 2.51. The van der Waals surface area contributed by atoms with Gasteiger partial charge in [-0.3, -0.25) is 0 Å². The monoisotopic (exact) mass is 334 g/mol. The van der Waals surface area contributed by atoms with Crippen molar-refractivity contribution in [1.82, 2.24) is 0 Å². The van der Waals surface area contributed by atoms with Crippen molar-refractivity contribution in [3.05, 3.63) is 41.3 Å². The number of hydrogen-bond acceptors (Lipinski definition) is 3. The van der Waals surface area contributed by atoms with Crippen LogP contribution in [0.25, 0.3) is 21.9 Å². The van der Waals surface area contributed by atoms with Crippen LogP contribution in [0.15, 0.2) is 40.7 Å². The van der Waals surface area contributed by atoms with E-state index in [1.807, 2.05) is 27.7 Å². The molecule has 1 aliphatic rings. The molecule has 0 N–H and O–H groups in total. The molecule has 2 heterocycles. The zero-order chi connectivity index (χ0) is 21.6. The molecule has 0 saturated carbocycles. The molecule has 0 unspecified atom stereocenters. The van der Waals surface area contributed by atoms with E-state index in [-0.39, 0.29) is 62.6 Å². The maximum absolute atomic E-state index is 8.63. The van der Waals surface area contributed by atoms with Crippen LogP contribution in [0.5, 0.6) is 0 Å². The molecule has 1 fully saturated rings. The first-order valence-electron chi connectivity index (χ1n) is 10.3. The maximum Gasteiger partial charge on any atom is 0.494 e. The molecule has 1 aromatic heterocycles. The third kappa shape index (κ3) is 2.20. The van der Waals surface area contributed by atoms with Crippen LogP contribution >= 0.6 is 11.6 Å². The summed E-state index contributed by atoms with van der Waals surface area (Å²) in [6, 6.07) is -1.86. The van der Waals surface area contributed by atoms with Crippen molar-refractivity contribution in [1.29, 1.82) is 0 Å². The first kappa shape index (κ1) is 9.72. The first-order chi connectivity index (χ1) is 13.3. The van der Waals surface area contributed by atoms with Crippen molar-refractivity contribution in [2.24, 2.45) is 0 Å². The van der Waals surface area contributed by atoms with Crippen molar-refractivity contribution in [3.63, 3.8) is 0 Å². The van der Waals surface area contributed by atoms with E-state index < -0.39 is 24.4 Å². The molecule has 1 saturated heterocycles. The van der Waals surface area contributed by atoms with Crippen LogP contribution in [-0.4, -0.2) is 18.3 Å². The van der Waals surface area contributed by atoms with E-state index in [0.717, 1.165) is 0 Å². The Hall–Kier alpha value is -1.49. The summed E-state index contributed by atoms with van der Waals surface area (Å²) in [6.07, 6.45) is 0. The summed E-state index contributed by atoms with van der Waals surface area (Å²) in [4.78, 5) is 0. The lowest BCUT2D eigenvalue weighted by molar-refractivity contribution is 0.00578. The van der Waals surface area contributed by atoms with Crippen LogP contribution in [0.4, 0.5) is 0 Å². The van der Waals surface area contributed by atoms with Crippen molar-refractivity contribution < 1.29 is 22.0 Å². The summed E-state index contributed by atoms with van der Waals surface area (Å²) in [6.45, 7) is 7.39. The molecule has 3 nitrogen and oxygen atoms in total. The highest BCUT2D eigenvalue weighted by Crippen LogP contribution is 2.37. The molecule has 0 aliphatic carbocycles. The van der Waals surface area contributed by atoms with Gasteiger partial charge in [-0.15, -0.1) is 0 Å². The largest absolute Gasteiger partial charge is 0.494 e. The molecular weight excluding hydrogens is 310 g/mol. The van der Waals surface area contributed by atoms with Gasteiger partial charge in [-0.25, -0.2) is 0 Å². The van der Waals surface area contributed by atoms with Crippen molar-refractivity contribution >= 4 is 46.1 Å². The normalized spacial score (nSPS) is 23.4. The lowest BCUT2D eigenvalue weighted by Gasteiger charge is -2.32. The van der Waals surface area contributed by atoms with Crippen LogP contribution in [0, 0.1) is 0 Å². The van der Waals surface area contributed by atoms with Gasteiger partial charge >= 0.3 is 7.12 Å². The molecule has 4 rings (SSSR count). The summed E-state index contributed by atoms with van der Waals surface area (Å²) in [5, 5.41) is -0.0613. The molecule has 0 radical (unpaired) electrons. The zero-order valence-corrected chi connectivity index (χ0v) is 13.9. The highest BCUT2D eigenvalue weighted by atomic mass is 35.5. The van der Waals surface area contributed by atoms with Gasteiger partial charge in [0.15, 0.2) is 5.58 Å². The van der Waals surface area contributed by atoms with Gasteiger partial charge in [0.05, 0.1) is 24.4 Å². The predicted octanol–water partition coefficient (Wildman–Crippen LogP) is 4.54. The van der Waals surface area contributed by atoms with E-state index >= 15 is 0 Å². The minimum atomic E-state index is -1.04. The predicted molar refractivity (Wildman–Crippen MR) is 94.4 cm³/mol. The van der Waals surface area contributed by atoms with Crippen LogP contribution in [0.2, 0.25) is 5.02 Å². The number of furan rings is 1. The molecule has 1 aliphatic heterocycles. The lowest BCUT2D eigenvalue weighted by Crippen LogP contribution is -2.41. The van der Waals surface area contributed by atoms with E-state index in [1.54, 1.807) is 0 Å². The third-order valence-electron chi connectivity index (χ3n) is 4.53. The number of para-hydroxylation sites is 1. The lowest BCUT2D eigenvalue weighted by atomic mass is 9.79. The highest BCUT2D eigenvalue weighted by molar-refractivity contribution is 6.62. The van der Waals surface area contributed by atoms with Gasteiger partial charge in [0, 0.05) is 10.8 Å². The molecule has 0 bridgehead atoms. The summed E-state index contributed by atoms with van der Waals surface area (Å²) in [5.41, 5.74) is -1.43. The smallest absolute Gasteiger partial charge is 0.455 e. The Morgan fingerprint density at radius 3 is 2.39 bits per heavy atom. The van der Waals surface area contributed by atoms with Gasteiger partial charge in [-0.2, -0.15) is 0 Å². The Morgan fingerprint density at radius 2 is 1.70 bits per heavy atom. The minimum Gasteiger partial charge on any atom is -0.455 e. The number of hydrogen-bond donors (Lipinski definition) is 0. The van der Waals surface area contributed by atoms with E-state index in [2.05, 4.69) is 0 Å². The van der Waals surface area contributed by atoms with Gasteiger partial charge in [0.1, 0.15) is 5.58 Å². The summed E-state index contributed by atoms with van der Waals surface area (Å²) in [7, 11) is -1.04. The van der Waals surface area contributed by atoms with E-state index in [9.17, 15) is 0 Å². The number of benzene rings is 2. The first-order valence-corrected chi connectivity index (χ1v) is 7.64. The molecule has 5 heteroatoms. The second kappa shape index (κ2) is 4.76. The van der Waals surface area contributed by atoms with Crippen LogP contribution in [0.1, 0.15) is 35.9 Å². The third-order valence-corrected chi connectivity index (χ3v) is 4.79. The molecule has 0 atom stereocenters. The maximum atomic E-state index is 8.63. The SMILES string of the molecule is [2H]c1c([2H])c([2H])c2c(oc3c([2H])c(B4OC(C)(C)C(C)(C)O4)c([2H])c([2H])c32)c1Cl. The summed E-state index contributed by atoms with van der Waals surface area (Å²) < 4.78 is 67.3. The minimum absolute atomic E-state index is 0.0415. The topological polar surface area (TPSA) is 31.6 Å². The van der Waals surface area contributed by atoms with Crippen molar-refractivity contribution in [2.45, 2.75) is 38.9 Å². The average molecular weight is 335 g/mol. The standard InChI is InChI=1S/C18H18BClO3/c1-17(2)18(3,4)23-19(22-17)11-8-9-12-13-6-5-7-14(20)16(13)21-15(12)10-11/h5-10H,1-4H3/i5D,6D,7D,8D,9D,10D. The fraction of sp³-hybridized carbons (Fsp3) is 0.333. The fourth-order valence-electron chi connectivity index (χ4n) is 2.48. The van der Waals surface area contributed by atoms with Gasteiger partial charge < -0.3 is 13.7 Å². The Bertz CT molecular complexity index is 1190. The Balaban J connectivity index is 2.08. The molecule has 3 aromatic rings. The molecule has 118 valence electrons. The number of halogens is 1. The second-order valence-corrected chi connectivity index (χ2v) is 6.95. The van der Waals surface area contributed by atoms with Crippen LogP contribution < -0.4 is 5.46 Å². The van der Waals surface area contributed by atoms with Crippen molar-refractivity contribution in [3.8, 4) is 0 Å². The van der Waals surface area contributed by atoms with Crippen LogP contribution in [-0.2, 0) is 9.31 Å². The van der Waals surface area contributed by atoms with Gasteiger partial charge in [-0.1, -0.05) is 35.8 Å². The fourth-order valence-corrected chi connectivity index (χ4v) is 2.66. The number of fused-ring (bicyclic) bond motifs is 3.